The van der Waals surface area contributed by atoms with Gasteiger partial charge >= 0.3 is 0 Å². The van der Waals surface area contributed by atoms with Crippen LogP contribution in [-0.4, -0.2) is 31.3 Å². The predicted molar refractivity (Wildman–Crippen MR) is 56.7 cm³/mol. The second kappa shape index (κ2) is 6.46. The van der Waals surface area contributed by atoms with E-state index in [2.05, 4.69) is 5.32 Å². The van der Waals surface area contributed by atoms with Crippen LogP contribution in [0.1, 0.15) is 5.56 Å². The topological polar surface area (TPSA) is 41.5 Å². The lowest BCUT2D eigenvalue weighted by Gasteiger charge is -2.11. The number of nitrogens with one attached hydrogen (secondary N) is 1. The zero-order valence-corrected chi connectivity index (χ0v) is 9.29. The zero-order chi connectivity index (χ0) is 12.8. The molecule has 0 amide bonds. The van der Waals surface area contributed by atoms with Gasteiger partial charge in [0.2, 0.25) is 0 Å². The highest BCUT2D eigenvalue weighted by Gasteiger charge is 2.16. The first kappa shape index (κ1) is 13.8. The average molecular weight is 249 g/mol. The van der Waals surface area contributed by atoms with Crippen molar-refractivity contribution < 1.29 is 23.0 Å². The van der Waals surface area contributed by atoms with Gasteiger partial charge in [0.25, 0.3) is 6.43 Å². The van der Waals surface area contributed by atoms with Crippen LogP contribution in [0.2, 0.25) is 0 Å². The molecule has 0 saturated carbocycles. The number of aliphatic hydroxyl groups is 1. The van der Waals surface area contributed by atoms with Crippen molar-refractivity contribution in [3.8, 4) is 5.75 Å². The lowest BCUT2D eigenvalue weighted by atomic mass is 10.2. The van der Waals surface area contributed by atoms with Crippen LogP contribution in [0, 0.1) is 5.82 Å². The summed E-state index contributed by atoms with van der Waals surface area (Å²) in [5, 5.41) is 11.4. The summed E-state index contributed by atoms with van der Waals surface area (Å²) in [6.07, 6.45) is -4.55. The van der Waals surface area contributed by atoms with Gasteiger partial charge in [0.15, 0.2) is 11.6 Å². The summed E-state index contributed by atoms with van der Waals surface area (Å²) in [6.45, 7) is -0.249. The van der Waals surface area contributed by atoms with E-state index in [1.165, 1.54) is 19.2 Å². The molecule has 0 aromatic heterocycles. The van der Waals surface area contributed by atoms with Crippen molar-refractivity contribution in [1.29, 1.82) is 0 Å². The van der Waals surface area contributed by atoms with E-state index in [1.54, 1.807) is 6.07 Å². The van der Waals surface area contributed by atoms with Crippen LogP contribution in [0.25, 0.3) is 0 Å². The maximum Gasteiger partial charge on any atom is 0.265 e. The minimum Gasteiger partial charge on any atom is -0.494 e. The SMILES string of the molecule is COc1cccc(CNCC(O)C(F)F)c1F. The van der Waals surface area contributed by atoms with Crippen molar-refractivity contribution in [2.24, 2.45) is 0 Å². The molecule has 0 aliphatic rings. The molecule has 2 N–H and O–H groups in total. The Kier molecular flexibility index (Phi) is 5.24. The summed E-state index contributed by atoms with van der Waals surface area (Å²) in [7, 11) is 1.34. The average Bonchev–Trinajstić information content (AvgIpc) is 2.31. The molecular weight excluding hydrogens is 235 g/mol. The Morgan fingerprint density at radius 3 is 2.71 bits per heavy atom. The van der Waals surface area contributed by atoms with Crippen LogP contribution in [0.4, 0.5) is 13.2 Å². The lowest BCUT2D eigenvalue weighted by Crippen LogP contribution is -2.31. The zero-order valence-electron chi connectivity index (χ0n) is 9.29. The number of benzene rings is 1. The number of aliphatic hydroxyl groups excluding tert-OH is 1. The van der Waals surface area contributed by atoms with E-state index >= 15 is 0 Å². The quantitative estimate of drug-likeness (QED) is 0.803. The number of rotatable bonds is 6. The summed E-state index contributed by atoms with van der Waals surface area (Å²) in [6, 6.07) is 4.58. The molecule has 3 nitrogen and oxygen atoms in total. The van der Waals surface area contributed by atoms with E-state index in [4.69, 9.17) is 9.84 Å². The first-order chi connectivity index (χ1) is 8.06. The number of hydrogen-bond acceptors (Lipinski definition) is 3. The van der Waals surface area contributed by atoms with Crippen molar-refractivity contribution in [1.82, 2.24) is 5.32 Å². The Morgan fingerprint density at radius 2 is 2.12 bits per heavy atom. The summed E-state index contributed by atoms with van der Waals surface area (Å²) < 4.78 is 42.3. The first-order valence-corrected chi connectivity index (χ1v) is 5.04. The molecule has 1 unspecified atom stereocenters. The van der Waals surface area contributed by atoms with Gasteiger partial charge in [-0.2, -0.15) is 0 Å². The maximum absolute atomic E-state index is 13.6. The van der Waals surface area contributed by atoms with Crippen molar-refractivity contribution in [3.05, 3.63) is 29.6 Å². The van der Waals surface area contributed by atoms with Crippen molar-refractivity contribution in [2.75, 3.05) is 13.7 Å². The Labute approximate surface area is 97.2 Å². The van der Waals surface area contributed by atoms with E-state index in [1.807, 2.05) is 0 Å². The third-order valence-electron chi connectivity index (χ3n) is 2.22. The summed E-state index contributed by atoms with van der Waals surface area (Å²) in [5.41, 5.74) is 0.297. The molecule has 96 valence electrons. The highest BCUT2D eigenvalue weighted by molar-refractivity contribution is 5.30. The monoisotopic (exact) mass is 249 g/mol. The van der Waals surface area contributed by atoms with Crippen LogP contribution >= 0.6 is 0 Å². The second-order valence-electron chi connectivity index (χ2n) is 3.47. The molecule has 1 aromatic rings. The van der Waals surface area contributed by atoms with Gasteiger partial charge < -0.3 is 15.2 Å². The predicted octanol–water partition coefficient (Wildman–Crippen LogP) is 1.55. The molecule has 17 heavy (non-hydrogen) atoms. The van der Waals surface area contributed by atoms with Crippen molar-refractivity contribution in [3.63, 3.8) is 0 Å². The Balaban J connectivity index is 2.52. The Morgan fingerprint density at radius 1 is 1.41 bits per heavy atom. The normalized spacial score (nSPS) is 12.8. The van der Waals surface area contributed by atoms with Crippen LogP contribution in [0.15, 0.2) is 18.2 Å². The largest absolute Gasteiger partial charge is 0.494 e. The molecule has 1 atom stereocenters. The fraction of sp³-hybridized carbons (Fsp3) is 0.455. The summed E-state index contributed by atoms with van der Waals surface area (Å²) >= 11 is 0. The molecule has 0 spiro atoms. The van der Waals surface area contributed by atoms with Gasteiger partial charge in [-0.15, -0.1) is 0 Å². The molecule has 1 rings (SSSR count). The van der Waals surface area contributed by atoms with Gasteiger partial charge in [-0.1, -0.05) is 12.1 Å². The van der Waals surface area contributed by atoms with E-state index in [0.717, 1.165) is 0 Å². The standard InChI is InChI=1S/C11H14F3NO2/c1-17-9-4-2-3-7(10(9)12)5-15-6-8(16)11(13)14/h2-4,8,11,15-16H,5-6H2,1H3. The molecule has 0 heterocycles. The third-order valence-corrected chi connectivity index (χ3v) is 2.22. The molecule has 0 aliphatic carbocycles. The van der Waals surface area contributed by atoms with Gasteiger partial charge in [0.1, 0.15) is 6.10 Å². The molecule has 0 bridgehead atoms. The van der Waals surface area contributed by atoms with Gasteiger partial charge in [0.05, 0.1) is 7.11 Å². The van der Waals surface area contributed by atoms with Gasteiger partial charge in [-0.25, -0.2) is 13.2 Å². The molecule has 0 radical (unpaired) electrons. The minimum absolute atomic E-state index is 0.0484. The van der Waals surface area contributed by atoms with Gasteiger partial charge in [0, 0.05) is 18.7 Å². The van der Waals surface area contributed by atoms with Crippen molar-refractivity contribution in [2.45, 2.75) is 19.1 Å². The molecule has 0 saturated heterocycles. The molecule has 6 heteroatoms. The highest BCUT2D eigenvalue weighted by atomic mass is 19.3. The first-order valence-electron chi connectivity index (χ1n) is 5.04. The molecule has 0 fully saturated rings. The fourth-order valence-corrected chi connectivity index (χ4v) is 1.29. The van der Waals surface area contributed by atoms with E-state index in [9.17, 15) is 13.2 Å². The Bertz CT molecular complexity index is 361. The number of alkyl halides is 2. The van der Waals surface area contributed by atoms with Crippen LogP contribution in [0.5, 0.6) is 5.75 Å². The van der Waals surface area contributed by atoms with Crippen LogP contribution < -0.4 is 10.1 Å². The van der Waals surface area contributed by atoms with Gasteiger partial charge in [-0.05, 0) is 6.07 Å². The van der Waals surface area contributed by atoms with Crippen LogP contribution in [-0.2, 0) is 6.54 Å². The smallest absolute Gasteiger partial charge is 0.265 e. The van der Waals surface area contributed by atoms with Crippen molar-refractivity contribution >= 4 is 0 Å². The second-order valence-corrected chi connectivity index (χ2v) is 3.47. The molecule has 0 aliphatic heterocycles. The fourth-order valence-electron chi connectivity index (χ4n) is 1.29. The number of ether oxygens (including phenoxy) is 1. The van der Waals surface area contributed by atoms with E-state index in [0.29, 0.717) is 5.56 Å². The number of hydrogen-bond donors (Lipinski definition) is 2. The van der Waals surface area contributed by atoms with E-state index < -0.39 is 18.3 Å². The van der Waals surface area contributed by atoms with Gasteiger partial charge in [-0.3, -0.25) is 0 Å². The summed E-state index contributed by atoms with van der Waals surface area (Å²) in [5.74, 6) is -0.437. The Hall–Kier alpha value is -1.27. The molecule has 1 aromatic carbocycles. The van der Waals surface area contributed by atoms with E-state index in [-0.39, 0.29) is 18.8 Å². The molecular formula is C11H14F3NO2. The summed E-state index contributed by atoms with van der Waals surface area (Å²) in [4.78, 5) is 0. The number of halogens is 3. The number of methoxy groups -OCH3 is 1. The lowest BCUT2D eigenvalue weighted by molar-refractivity contribution is -0.00343. The highest BCUT2D eigenvalue weighted by Crippen LogP contribution is 2.19. The minimum atomic E-state index is -2.81. The maximum atomic E-state index is 13.6. The third kappa shape index (κ3) is 3.90. The van der Waals surface area contributed by atoms with Crippen LogP contribution in [0.3, 0.4) is 0 Å².